The number of alkyl halides is 2. The molecule has 0 unspecified atom stereocenters. The molecule has 0 saturated heterocycles. The van der Waals surface area contributed by atoms with Crippen LogP contribution in [0.3, 0.4) is 0 Å². The van der Waals surface area contributed by atoms with Gasteiger partial charge in [-0.1, -0.05) is 17.2 Å². The maximum atomic E-state index is 13.2. The van der Waals surface area contributed by atoms with Crippen LogP contribution in [-0.4, -0.2) is 37.4 Å². The van der Waals surface area contributed by atoms with Gasteiger partial charge in [0.15, 0.2) is 5.65 Å². The highest BCUT2D eigenvalue weighted by atomic mass is 19.3. The number of carbonyl (C=O) groups is 3. The Balaban J connectivity index is 1.69. The third kappa shape index (κ3) is 2.53. The summed E-state index contributed by atoms with van der Waals surface area (Å²) in [6.07, 6.45) is -1.84. The molecule has 2 amide bonds. The Labute approximate surface area is 149 Å². The monoisotopic (exact) mass is 372 g/mol. The molecule has 1 aliphatic heterocycles. The molecule has 0 radical (unpaired) electrons. The van der Waals surface area contributed by atoms with Crippen LogP contribution in [0.1, 0.15) is 48.9 Å². The van der Waals surface area contributed by atoms with Gasteiger partial charge in [-0.15, -0.1) is 0 Å². The Morgan fingerprint density at radius 3 is 2.37 bits per heavy atom. The zero-order valence-corrected chi connectivity index (χ0v) is 13.7. The minimum atomic E-state index is -2.84. The van der Waals surface area contributed by atoms with Gasteiger partial charge in [-0.05, 0) is 25.1 Å². The minimum absolute atomic E-state index is 0.101. The molecule has 0 spiro atoms. The Hall–Kier alpha value is -3.69. The fraction of sp³-hybridized carbons (Fsp3) is 0.118. The van der Waals surface area contributed by atoms with Crippen LogP contribution in [0, 0.1) is 6.92 Å². The van der Waals surface area contributed by atoms with E-state index in [1.807, 2.05) is 0 Å². The molecular weight excluding hydrogens is 362 g/mol. The van der Waals surface area contributed by atoms with Crippen molar-refractivity contribution in [3.8, 4) is 0 Å². The highest BCUT2D eigenvalue weighted by molar-refractivity contribution is 6.21. The summed E-state index contributed by atoms with van der Waals surface area (Å²) >= 11 is 0. The van der Waals surface area contributed by atoms with Crippen molar-refractivity contribution in [1.29, 1.82) is 0 Å². The first kappa shape index (κ1) is 16.8. The van der Waals surface area contributed by atoms with Crippen molar-refractivity contribution in [2.24, 2.45) is 0 Å². The topological polar surface area (TPSA) is 93.9 Å². The first-order valence-corrected chi connectivity index (χ1v) is 7.72. The molecule has 0 atom stereocenters. The lowest BCUT2D eigenvalue weighted by molar-refractivity contribution is -0.0583. The number of imide groups is 1. The van der Waals surface area contributed by atoms with Gasteiger partial charge in [0.1, 0.15) is 11.3 Å². The lowest BCUT2D eigenvalue weighted by atomic mass is 10.1. The third-order valence-electron chi connectivity index (χ3n) is 4.00. The first-order chi connectivity index (χ1) is 12.9. The maximum Gasteiger partial charge on any atom is 0.369 e. The minimum Gasteiger partial charge on any atom is -0.324 e. The van der Waals surface area contributed by atoms with E-state index in [9.17, 15) is 23.2 Å². The molecule has 27 heavy (non-hydrogen) atoms. The van der Waals surface area contributed by atoms with Crippen molar-refractivity contribution in [1.82, 2.24) is 19.7 Å². The summed E-state index contributed by atoms with van der Waals surface area (Å²) in [4.78, 5) is 45.9. The van der Waals surface area contributed by atoms with E-state index in [2.05, 4.69) is 10.1 Å². The van der Waals surface area contributed by atoms with Gasteiger partial charge in [0.25, 0.3) is 18.2 Å². The second-order valence-corrected chi connectivity index (χ2v) is 5.75. The van der Waals surface area contributed by atoms with Crippen LogP contribution in [0.15, 0.2) is 36.5 Å². The molecular formula is C17H10F2N4O4. The third-order valence-corrected chi connectivity index (χ3v) is 4.00. The Kier molecular flexibility index (Phi) is 3.69. The highest BCUT2D eigenvalue weighted by Crippen LogP contribution is 2.25. The number of hydrogen-bond donors (Lipinski definition) is 0. The van der Waals surface area contributed by atoms with Crippen molar-refractivity contribution in [3.05, 3.63) is 64.6 Å². The van der Waals surface area contributed by atoms with Gasteiger partial charge in [0.2, 0.25) is 0 Å². The van der Waals surface area contributed by atoms with E-state index < -0.39 is 29.9 Å². The number of hydrogen-bond acceptors (Lipinski definition) is 6. The lowest BCUT2D eigenvalue weighted by Crippen LogP contribution is -2.32. The lowest BCUT2D eigenvalue weighted by Gasteiger charge is -2.12. The molecule has 0 N–H and O–H groups in total. The number of aryl methyl sites for hydroxylation is 1. The van der Waals surface area contributed by atoms with Crippen LogP contribution in [0.25, 0.3) is 5.65 Å². The van der Waals surface area contributed by atoms with E-state index in [1.54, 1.807) is 12.1 Å². The van der Waals surface area contributed by atoms with Gasteiger partial charge in [-0.3, -0.25) is 9.59 Å². The number of hydroxylamine groups is 2. The summed E-state index contributed by atoms with van der Waals surface area (Å²) in [7, 11) is 0. The van der Waals surface area contributed by atoms with Crippen molar-refractivity contribution in [2.45, 2.75) is 13.3 Å². The summed E-state index contributed by atoms with van der Waals surface area (Å²) in [6.45, 7) is 1.48. The summed E-state index contributed by atoms with van der Waals surface area (Å²) in [5.74, 6) is -2.70. The van der Waals surface area contributed by atoms with Gasteiger partial charge in [-0.2, -0.15) is 5.10 Å². The van der Waals surface area contributed by atoms with Crippen LogP contribution in [0.5, 0.6) is 0 Å². The van der Waals surface area contributed by atoms with Crippen molar-refractivity contribution in [3.63, 3.8) is 0 Å². The van der Waals surface area contributed by atoms with Crippen molar-refractivity contribution < 1.29 is 28.0 Å². The summed E-state index contributed by atoms with van der Waals surface area (Å²) in [5, 5.41) is 4.07. The maximum absolute atomic E-state index is 13.2. The summed E-state index contributed by atoms with van der Waals surface area (Å²) in [5.41, 5.74) is -0.414. The number of nitrogens with zero attached hydrogens (tertiary/aromatic N) is 4. The van der Waals surface area contributed by atoms with E-state index in [4.69, 9.17) is 4.84 Å². The Bertz CT molecular complexity index is 1090. The average molecular weight is 372 g/mol. The van der Waals surface area contributed by atoms with Gasteiger partial charge in [-0.25, -0.2) is 23.1 Å². The van der Waals surface area contributed by atoms with E-state index in [1.165, 1.54) is 19.1 Å². The number of benzene rings is 1. The molecule has 1 aromatic carbocycles. The molecule has 0 aliphatic carbocycles. The molecule has 3 heterocycles. The fourth-order valence-corrected chi connectivity index (χ4v) is 2.79. The van der Waals surface area contributed by atoms with Crippen LogP contribution in [-0.2, 0) is 4.84 Å². The highest BCUT2D eigenvalue weighted by Gasteiger charge is 2.39. The number of aromatic nitrogens is 3. The number of fused-ring (bicyclic) bond motifs is 2. The van der Waals surface area contributed by atoms with E-state index in [0.29, 0.717) is 5.06 Å². The van der Waals surface area contributed by atoms with Gasteiger partial charge < -0.3 is 4.84 Å². The standard InChI is InChI=1S/C17H10F2N4O4/c1-8-6-12(13(18)19)22-14(21-8)11(7-20-22)17(26)27-23-15(24)9-4-2-3-5-10(9)16(23)25/h2-7,13H,1H3. The van der Waals surface area contributed by atoms with Crippen LogP contribution in [0.2, 0.25) is 0 Å². The number of carbonyl (C=O) groups excluding carboxylic acids is 3. The predicted octanol–water partition coefficient (Wildman–Crippen LogP) is 2.34. The number of halogens is 2. The Morgan fingerprint density at radius 1 is 1.15 bits per heavy atom. The van der Waals surface area contributed by atoms with Crippen LogP contribution < -0.4 is 0 Å². The Morgan fingerprint density at radius 2 is 1.78 bits per heavy atom. The predicted molar refractivity (Wildman–Crippen MR) is 85.0 cm³/mol. The zero-order valence-electron chi connectivity index (χ0n) is 13.7. The van der Waals surface area contributed by atoms with Crippen molar-refractivity contribution >= 4 is 23.4 Å². The number of rotatable bonds is 3. The van der Waals surface area contributed by atoms with E-state index >= 15 is 0 Å². The zero-order chi connectivity index (χ0) is 19.3. The molecule has 136 valence electrons. The molecule has 10 heteroatoms. The van der Waals surface area contributed by atoms with Gasteiger partial charge in [0, 0.05) is 5.69 Å². The number of amides is 2. The van der Waals surface area contributed by atoms with E-state index in [0.717, 1.165) is 16.8 Å². The molecule has 2 aromatic heterocycles. The second kappa shape index (κ2) is 5.94. The van der Waals surface area contributed by atoms with E-state index in [-0.39, 0.29) is 28.0 Å². The quantitative estimate of drug-likeness (QED) is 0.655. The summed E-state index contributed by atoms with van der Waals surface area (Å²) in [6, 6.07) is 7.14. The van der Waals surface area contributed by atoms with Crippen molar-refractivity contribution in [2.75, 3.05) is 0 Å². The molecule has 1 aliphatic rings. The van der Waals surface area contributed by atoms with Gasteiger partial charge in [0.05, 0.1) is 17.3 Å². The van der Waals surface area contributed by atoms with Crippen LogP contribution in [0.4, 0.5) is 8.78 Å². The molecule has 4 rings (SSSR count). The fourth-order valence-electron chi connectivity index (χ4n) is 2.79. The first-order valence-electron chi connectivity index (χ1n) is 7.72. The SMILES string of the molecule is Cc1cc(C(F)F)n2ncc(C(=O)ON3C(=O)c4ccccc4C3=O)c2n1. The molecule has 0 saturated carbocycles. The largest absolute Gasteiger partial charge is 0.369 e. The molecule has 0 fully saturated rings. The second-order valence-electron chi connectivity index (χ2n) is 5.75. The molecule has 8 nitrogen and oxygen atoms in total. The average Bonchev–Trinajstić information content (AvgIpc) is 3.16. The van der Waals surface area contributed by atoms with Gasteiger partial charge >= 0.3 is 5.97 Å². The summed E-state index contributed by atoms with van der Waals surface area (Å²) < 4.78 is 27.1. The normalized spacial score (nSPS) is 13.6. The van der Waals surface area contributed by atoms with Crippen LogP contribution >= 0.6 is 0 Å². The molecule has 3 aromatic rings. The smallest absolute Gasteiger partial charge is 0.324 e. The molecule has 0 bridgehead atoms.